The average Bonchev–Trinajstić information content (AvgIpc) is 3.03. The van der Waals surface area contributed by atoms with Gasteiger partial charge in [0, 0.05) is 42.3 Å². The van der Waals surface area contributed by atoms with E-state index in [0.717, 1.165) is 17.7 Å². The monoisotopic (exact) mass is 465 g/mol. The van der Waals surface area contributed by atoms with Gasteiger partial charge in [0.05, 0.1) is 0 Å². The van der Waals surface area contributed by atoms with Crippen LogP contribution >= 0.6 is 11.6 Å². The minimum atomic E-state index is -2.38. The van der Waals surface area contributed by atoms with E-state index in [1.54, 1.807) is 18.2 Å². The number of ether oxygens (including phenoxy) is 1. The number of fused-ring (bicyclic) bond motifs is 1. The van der Waals surface area contributed by atoms with Gasteiger partial charge in [0.1, 0.15) is 0 Å². The van der Waals surface area contributed by atoms with Crippen LogP contribution in [-0.4, -0.2) is 35.3 Å². The van der Waals surface area contributed by atoms with Crippen LogP contribution < -0.4 is 15.5 Å². The lowest BCUT2D eigenvalue weighted by molar-refractivity contribution is -0.175. The molecule has 2 aromatic rings. The molecule has 32 heavy (non-hydrogen) atoms. The summed E-state index contributed by atoms with van der Waals surface area (Å²) in [4.78, 5) is 37.7. The number of nitrogens with one attached hydrogen (secondary N) is 2. The topological polar surface area (TPSA) is 108 Å². The zero-order valence-electron chi connectivity index (χ0n) is 16.6. The zero-order valence-corrected chi connectivity index (χ0v) is 17.3. The molecule has 11 heteroatoms. The van der Waals surface area contributed by atoms with Crippen molar-refractivity contribution in [1.29, 1.82) is 0 Å². The number of rotatable bonds is 4. The molecule has 2 aliphatic rings. The van der Waals surface area contributed by atoms with Gasteiger partial charge in [-0.2, -0.15) is 0 Å². The summed E-state index contributed by atoms with van der Waals surface area (Å²) in [6.07, 6.45) is -0.442. The number of anilines is 2. The average molecular weight is 466 g/mol. The zero-order chi connectivity index (χ0) is 23.0. The third-order valence-electron chi connectivity index (χ3n) is 5.32. The van der Waals surface area contributed by atoms with Gasteiger partial charge in [-0.15, -0.1) is 0 Å². The molecule has 2 aromatic carbocycles. The van der Waals surface area contributed by atoms with Crippen LogP contribution in [0, 0.1) is 11.6 Å². The number of hydrogen-bond donors (Lipinski definition) is 3. The van der Waals surface area contributed by atoms with Gasteiger partial charge in [-0.1, -0.05) is 11.6 Å². The first kappa shape index (κ1) is 22.0. The van der Waals surface area contributed by atoms with Crippen molar-refractivity contribution < 1.29 is 33.0 Å². The highest BCUT2D eigenvalue weighted by Crippen LogP contribution is 2.33. The quantitative estimate of drug-likeness (QED) is 0.475. The molecule has 0 radical (unpaired) electrons. The lowest BCUT2D eigenvalue weighted by Crippen LogP contribution is -2.46. The standard InChI is InChI=1S/C21H18ClF2N3O5/c22-14-9-16(24)15(23)8-12(14)10-25-20(30)32-21(31)5-6-27(19(21)29)13-2-3-17-11(7-13)1-4-18(28)26-17/h2-3,7-9,31H,1,4-6,10H2,(H,25,30)(H,26,28)/t21-/m0/s1. The Morgan fingerprint density at radius 2 is 1.97 bits per heavy atom. The number of benzene rings is 2. The molecule has 1 saturated heterocycles. The van der Waals surface area contributed by atoms with Crippen LogP contribution in [0.2, 0.25) is 5.02 Å². The molecule has 0 saturated carbocycles. The maximum Gasteiger partial charge on any atom is 0.410 e. The first-order chi connectivity index (χ1) is 15.2. The normalized spacial score (nSPS) is 20.1. The van der Waals surface area contributed by atoms with Gasteiger partial charge < -0.3 is 25.4 Å². The fourth-order valence-corrected chi connectivity index (χ4v) is 3.83. The molecule has 0 bridgehead atoms. The molecule has 3 N–H and O–H groups in total. The summed E-state index contributed by atoms with van der Waals surface area (Å²) in [5, 5.41) is 15.5. The molecule has 2 heterocycles. The number of aryl methyl sites for hydroxylation is 1. The Labute approximate surface area is 186 Å². The highest BCUT2D eigenvalue weighted by Gasteiger charge is 2.49. The van der Waals surface area contributed by atoms with Crippen LogP contribution in [0.25, 0.3) is 0 Å². The lowest BCUT2D eigenvalue weighted by Gasteiger charge is -2.24. The first-order valence-electron chi connectivity index (χ1n) is 9.74. The van der Waals surface area contributed by atoms with Crippen molar-refractivity contribution >= 4 is 40.9 Å². The fraction of sp³-hybridized carbons (Fsp3) is 0.286. The highest BCUT2D eigenvalue weighted by atomic mass is 35.5. The van der Waals surface area contributed by atoms with Gasteiger partial charge in [0.15, 0.2) is 11.6 Å². The summed E-state index contributed by atoms with van der Waals surface area (Å²) in [5.74, 6) is -5.55. The Morgan fingerprint density at radius 1 is 1.22 bits per heavy atom. The van der Waals surface area contributed by atoms with Gasteiger partial charge in [0.2, 0.25) is 5.91 Å². The Balaban J connectivity index is 1.41. The molecule has 4 rings (SSSR count). The number of halogens is 3. The third-order valence-corrected chi connectivity index (χ3v) is 5.68. The van der Waals surface area contributed by atoms with Crippen LogP contribution in [0.15, 0.2) is 30.3 Å². The van der Waals surface area contributed by atoms with E-state index in [2.05, 4.69) is 10.6 Å². The summed E-state index contributed by atoms with van der Waals surface area (Å²) >= 11 is 5.82. The predicted octanol–water partition coefficient (Wildman–Crippen LogP) is 2.85. The Morgan fingerprint density at radius 3 is 2.75 bits per heavy atom. The predicted molar refractivity (Wildman–Crippen MR) is 110 cm³/mol. The van der Waals surface area contributed by atoms with Crippen molar-refractivity contribution in [1.82, 2.24) is 5.32 Å². The lowest BCUT2D eigenvalue weighted by atomic mass is 10.0. The SMILES string of the molecule is O=C1CCc2cc(N3CC[C@](O)(OC(=O)NCc4cc(F)c(F)cc4Cl)C3=O)ccc2N1. The number of nitrogens with zero attached hydrogens (tertiary/aromatic N) is 1. The van der Waals surface area contributed by atoms with Crippen LogP contribution in [0.4, 0.5) is 25.0 Å². The van der Waals surface area contributed by atoms with E-state index in [-0.39, 0.29) is 36.0 Å². The molecular weight excluding hydrogens is 448 g/mol. The van der Waals surface area contributed by atoms with Crippen LogP contribution in [0.1, 0.15) is 24.0 Å². The first-order valence-corrected chi connectivity index (χ1v) is 10.1. The van der Waals surface area contributed by atoms with Crippen molar-refractivity contribution in [2.75, 3.05) is 16.8 Å². The second kappa shape index (κ2) is 8.36. The Bertz CT molecular complexity index is 1130. The summed E-state index contributed by atoms with van der Waals surface area (Å²) < 4.78 is 31.5. The third kappa shape index (κ3) is 4.23. The number of carbonyl (C=O) groups is 3. The van der Waals surface area contributed by atoms with E-state index in [4.69, 9.17) is 16.3 Å². The Hall–Kier alpha value is -3.24. The highest BCUT2D eigenvalue weighted by molar-refractivity contribution is 6.31. The molecule has 0 spiro atoms. The number of alkyl carbamates (subject to hydrolysis) is 1. The minimum absolute atomic E-state index is 0.0825. The van der Waals surface area contributed by atoms with E-state index in [1.807, 2.05) is 0 Å². The van der Waals surface area contributed by atoms with E-state index in [9.17, 15) is 28.3 Å². The van der Waals surface area contributed by atoms with Crippen LogP contribution in [0.5, 0.6) is 0 Å². The van der Waals surface area contributed by atoms with Gasteiger partial charge in [-0.05, 0) is 47.9 Å². The van der Waals surface area contributed by atoms with E-state index < -0.39 is 29.4 Å². The number of aliphatic hydroxyl groups is 1. The van der Waals surface area contributed by atoms with E-state index in [1.165, 1.54) is 4.90 Å². The van der Waals surface area contributed by atoms with Crippen LogP contribution in [-0.2, 0) is 27.3 Å². The molecule has 0 unspecified atom stereocenters. The largest absolute Gasteiger partial charge is 0.410 e. The molecule has 0 aromatic heterocycles. The van der Waals surface area contributed by atoms with Crippen molar-refractivity contribution in [2.45, 2.75) is 31.6 Å². The van der Waals surface area contributed by atoms with Crippen molar-refractivity contribution in [3.05, 3.63) is 58.1 Å². The second-order valence-electron chi connectivity index (χ2n) is 7.48. The molecule has 0 aliphatic carbocycles. The van der Waals surface area contributed by atoms with E-state index in [0.29, 0.717) is 24.2 Å². The molecule has 8 nitrogen and oxygen atoms in total. The van der Waals surface area contributed by atoms with Gasteiger partial charge in [0.25, 0.3) is 11.7 Å². The number of hydrogen-bond acceptors (Lipinski definition) is 5. The van der Waals surface area contributed by atoms with Gasteiger partial charge in [-0.3, -0.25) is 9.59 Å². The van der Waals surface area contributed by atoms with Crippen LogP contribution in [0.3, 0.4) is 0 Å². The fourth-order valence-electron chi connectivity index (χ4n) is 3.62. The van der Waals surface area contributed by atoms with Gasteiger partial charge >= 0.3 is 6.09 Å². The van der Waals surface area contributed by atoms with Crippen molar-refractivity contribution in [3.8, 4) is 0 Å². The smallest absolute Gasteiger partial charge is 0.407 e. The maximum atomic E-state index is 13.4. The number of carbonyl (C=O) groups excluding carboxylic acids is 3. The molecule has 3 amide bonds. The number of amides is 3. The minimum Gasteiger partial charge on any atom is -0.407 e. The van der Waals surface area contributed by atoms with Crippen molar-refractivity contribution in [3.63, 3.8) is 0 Å². The second-order valence-corrected chi connectivity index (χ2v) is 7.89. The van der Waals surface area contributed by atoms with E-state index >= 15 is 0 Å². The molecule has 2 aliphatic heterocycles. The Kier molecular flexibility index (Phi) is 5.74. The van der Waals surface area contributed by atoms with Crippen molar-refractivity contribution in [2.24, 2.45) is 0 Å². The summed E-state index contributed by atoms with van der Waals surface area (Å²) in [5.41, 5.74) is 2.11. The molecule has 1 atom stereocenters. The van der Waals surface area contributed by atoms with Gasteiger partial charge in [-0.25, -0.2) is 13.6 Å². The maximum absolute atomic E-state index is 13.4. The summed E-state index contributed by atoms with van der Waals surface area (Å²) in [6.45, 7) is -0.206. The summed E-state index contributed by atoms with van der Waals surface area (Å²) in [6, 6.07) is 6.64. The molecule has 168 valence electrons. The summed E-state index contributed by atoms with van der Waals surface area (Å²) in [7, 11) is 0. The molecular formula is C21H18ClF2N3O5. The molecule has 1 fully saturated rings.